The highest BCUT2D eigenvalue weighted by Gasteiger charge is 2.02. The van der Waals surface area contributed by atoms with Crippen LogP contribution in [0.25, 0.3) is 0 Å². The van der Waals surface area contributed by atoms with Crippen LogP contribution in [0.1, 0.15) is 19.4 Å². The summed E-state index contributed by atoms with van der Waals surface area (Å²) in [6.45, 7) is 5.07. The monoisotopic (exact) mass is 231 g/mol. The van der Waals surface area contributed by atoms with Crippen molar-refractivity contribution in [2.24, 2.45) is 0 Å². The second-order valence-corrected chi connectivity index (χ2v) is 3.59. The Balaban J connectivity index is 2.65. The van der Waals surface area contributed by atoms with Gasteiger partial charge >= 0.3 is 0 Å². The third-order valence-electron chi connectivity index (χ3n) is 2.37. The van der Waals surface area contributed by atoms with Crippen LogP contribution in [0.15, 0.2) is 18.3 Å². The minimum absolute atomic E-state index is 0.255. The standard InChI is InChI=1S/C13H17N3O/c1-4-6-13(17)15-10-11-7-8-14-12(9-11)16(3)5-2/h7-9H,5,10H2,1-3H3,(H,15,17). The molecule has 1 aromatic heterocycles. The first kappa shape index (κ1) is 13.0. The summed E-state index contributed by atoms with van der Waals surface area (Å²) in [4.78, 5) is 17.5. The number of anilines is 1. The Morgan fingerprint density at radius 3 is 3.00 bits per heavy atom. The SMILES string of the molecule is CC#CC(=O)NCc1ccnc(N(C)CC)c1. The number of hydrogen-bond acceptors (Lipinski definition) is 3. The fourth-order valence-corrected chi connectivity index (χ4v) is 1.28. The third kappa shape index (κ3) is 4.15. The first-order valence-corrected chi connectivity index (χ1v) is 5.54. The summed E-state index contributed by atoms with van der Waals surface area (Å²) in [5, 5.41) is 2.73. The Bertz CT molecular complexity index is 445. The van der Waals surface area contributed by atoms with Crippen LogP contribution in [0.2, 0.25) is 0 Å². The van der Waals surface area contributed by atoms with Gasteiger partial charge in [-0.1, -0.05) is 5.92 Å². The zero-order valence-corrected chi connectivity index (χ0v) is 10.4. The minimum atomic E-state index is -0.255. The van der Waals surface area contributed by atoms with Gasteiger partial charge in [-0.25, -0.2) is 4.98 Å². The molecule has 0 fully saturated rings. The number of nitrogens with one attached hydrogen (secondary N) is 1. The molecule has 0 saturated heterocycles. The van der Waals surface area contributed by atoms with Crippen LogP contribution in [0, 0.1) is 11.8 Å². The first-order valence-electron chi connectivity index (χ1n) is 5.54. The number of nitrogens with zero attached hydrogens (tertiary/aromatic N) is 2. The maximum absolute atomic E-state index is 11.2. The van der Waals surface area contributed by atoms with Gasteiger partial charge in [-0.2, -0.15) is 0 Å². The molecule has 0 aliphatic carbocycles. The average Bonchev–Trinajstić information content (AvgIpc) is 2.36. The lowest BCUT2D eigenvalue weighted by Crippen LogP contribution is -2.21. The van der Waals surface area contributed by atoms with Gasteiger partial charge in [-0.05, 0) is 37.5 Å². The van der Waals surface area contributed by atoms with Gasteiger partial charge < -0.3 is 10.2 Å². The fourth-order valence-electron chi connectivity index (χ4n) is 1.28. The van der Waals surface area contributed by atoms with E-state index in [2.05, 4.69) is 29.1 Å². The van der Waals surface area contributed by atoms with E-state index in [1.165, 1.54) is 0 Å². The Hall–Kier alpha value is -2.02. The molecule has 1 heterocycles. The lowest BCUT2D eigenvalue weighted by molar-refractivity contribution is -0.115. The number of pyridine rings is 1. The predicted molar refractivity (Wildman–Crippen MR) is 68.5 cm³/mol. The van der Waals surface area contributed by atoms with Crippen LogP contribution >= 0.6 is 0 Å². The highest BCUT2D eigenvalue weighted by Crippen LogP contribution is 2.10. The van der Waals surface area contributed by atoms with Crippen molar-refractivity contribution < 1.29 is 4.79 Å². The molecule has 0 spiro atoms. The molecule has 0 radical (unpaired) electrons. The summed E-state index contributed by atoms with van der Waals surface area (Å²) < 4.78 is 0. The lowest BCUT2D eigenvalue weighted by atomic mass is 10.2. The molecule has 1 aromatic rings. The van der Waals surface area contributed by atoms with Gasteiger partial charge in [0.15, 0.2) is 0 Å². The van der Waals surface area contributed by atoms with E-state index in [1.54, 1.807) is 13.1 Å². The molecule has 1 rings (SSSR count). The smallest absolute Gasteiger partial charge is 0.296 e. The Morgan fingerprint density at radius 2 is 2.35 bits per heavy atom. The van der Waals surface area contributed by atoms with Crippen molar-refractivity contribution in [3.63, 3.8) is 0 Å². The van der Waals surface area contributed by atoms with E-state index in [0.717, 1.165) is 17.9 Å². The molecule has 0 unspecified atom stereocenters. The summed E-state index contributed by atoms with van der Waals surface area (Å²) >= 11 is 0. The van der Waals surface area contributed by atoms with Crippen molar-refractivity contribution >= 4 is 11.7 Å². The average molecular weight is 231 g/mol. The molecular formula is C13H17N3O. The number of carbonyl (C=O) groups excluding carboxylic acids is 1. The predicted octanol–water partition coefficient (Wildman–Crippen LogP) is 1.18. The molecule has 1 N–H and O–H groups in total. The first-order chi connectivity index (χ1) is 8.17. The molecule has 4 heteroatoms. The molecule has 0 bridgehead atoms. The molecule has 0 aliphatic heterocycles. The van der Waals surface area contributed by atoms with E-state index in [-0.39, 0.29) is 5.91 Å². The van der Waals surface area contributed by atoms with Gasteiger partial charge in [0, 0.05) is 26.3 Å². The van der Waals surface area contributed by atoms with Crippen molar-refractivity contribution in [1.82, 2.24) is 10.3 Å². The largest absolute Gasteiger partial charge is 0.360 e. The number of amides is 1. The second-order valence-electron chi connectivity index (χ2n) is 3.59. The normalized spacial score (nSPS) is 9.12. The Morgan fingerprint density at radius 1 is 1.59 bits per heavy atom. The van der Waals surface area contributed by atoms with Gasteiger partial charge in [0.25, 0.3) is 5.91 Å². The fraction of sp³-hybridized carbons (Fsp3) is 0.385. The van der Waals surface area contributed by atoms with Gasteiger partial charge in [0.05, 0.1) is 0 Å². The number of hydrogen-bond donors (Lipinski definition) is 1. The van der Waals surface area contributed by atoms with Crippen LogP contribution in [-0.2, 0) is 11.3 Å². The lowest BCUT2D eigenvalue weighted by Gasteiger charge is -2.16. The summed E-state index contributed by atoms with van der Waals surface area (Å²) in [6, 6.07) is 3.84. The molecule has 90 valence electrons. The highest BCUT2D eigenvalue weighted by atomic mass is 16.1. The zero-order chi connectivity index (χ0) is 12.7. The molecule has 4 nitrogen and oxygen atoms in total. The molecule has 0 atom stereocenters. The summed E-state index contributed by atoms with van der Waals surface area (Å²) in [6.07, 6.45) is 1.74. The summed E-state index contributed by atoms with van der Waals surface area (Å²) in [7, 11) is 1.98. The van der Waals surface area contributed by atoms with Crippen molar-refractivity contribution in [2.75, 3.05) is 18.5 Å². The van der Waals surface area contributed by atoms with Crippen LogP contribution in [0.5, 0.6) is 0 Å². The van der Waals surface area contributed by atoms with Crippen LogP contribution in [-0.4, -0.2) is 24.5 Å². The van der Waals surface area contributed by atoms with Gasteiger partial charge in [-0.3, -0.25) is 4.79 Å². The van der Waals surface area contributed by atoms with Crippen LogP contribution < -0.4 is 10.2 Å². The molecule has 0 aromatic carbocycles. The van der Waals surface area contributed by atoms with E-state index >= 15 is 0 Å². The van der Waals surface area contributed by atoms with E-state index in [0.29, 0.717) is 6.54 Å². The summed E-state index contributed by atoms with van der Waals surface area (Å²) in [5.74, 6) is 5.65. The maximum Gasteiger partial charge on any atom is 0.296 e. The minimum Gasteiger partial charge on any atom is -0.360 e. The maximum atomic E-state index is 11.2. The number of carbonyl (C=O) groups is 1. The molecule has 17 heavy (non-hydrogen) atoms. The summed E-state index contributed by atoms with van der Waals surface area (Å²) in [5.41, 5.74) is 1.02. The Kier molecular flexibility index (Phi) is 5.02. The third-order valence-corrected chi connectivity index (χ3v) is 2.37. The Labute approximate surface area is 102 Å². The molecule has 1 amide bonds. The molecule has 0 aliphatic rings. The quantitative estimate of drug-likeness (QED) is 0.791. The van der Waals surface area contributed by atoms with Crippen molar-refractivity contribution in [1.29, 1.82) is 0 Å². The van der Waals surface area contributed by atoms with Crippen LogP contribution in [0.4, 0.5) is 5.82 Å². The van der Waals surface area contributed by atoms with E-state index < -0.39 is 0 Å². The van der Waals surface area contributed by atoms with Gasteiger partial charge in [0.2, 0.25) is 0 Å². The van der Waals surface area contributed by atoms with Gasteiger partial charge in [-0.15, -0.1) is 0 Å². The second kappa shape index (κ2) is 6.54. The van der Waals surface area contributed by atoms with Gasteiger partial charge in [0.1, 0.15) is 5.82 Å². The molecular weight excluding hydrogens is 214 g/mol. The van der Waals surface area contributed by atoms with Crippen molar-refractivity contribution in [3.8, 4) is 11.8 Å². The highest BCUT2D eigenvalue weighted by molar-refractivity contribution is 5.93. The molecule has 0 saturated carbocycles. The topological polar surface area (TPSA) is 45.2 Å². The zero-order valence-electron chi connectivity index (χ0n) is 10.4. The number of aromatic nitrogens is 1. The van der Waals surface area contributed by atoms with Crippen LogP contribution in [0.3, 0.4) is 0 Å². The van der Waals surface area contributed by atoms with E-state index in [4.69, 9.17) is 0 Å². The van der Waals surface area contributed by atoms with Crippen molar-refractivity contribution in [3.05, 3.63) is 23.9 Å². The number of rotatable bonds is 4. The van der Waals surface area contributed by atoms with E-state index in [9.17, 15) is 4.79 Å². The van der Waals surface area contributed by atoms with E-state index in [1.807, 2.05) is 24.1 Å². The van der Waals surface area contributed by atoms with Crippen molar-refractivity contribution in [2.45, 2.75) is 20.4 Å².